The molecule has 106 valence electrons. The van der Waals surface area contributed by atoms with E-state index in [2.05, 4.69) is 15.5 Å². The quantitative estimate of drug-likeness (QED) is 0.917. The highest BCUT2D eigenvalue weighted by Crippen LogP contribution is 2.23. The standard InChI is InChI=1S/C12H14N4O3S/c1-18-12-15-14-10(20-12)13-11(17)16-5-2-3-9-8(7-16)4-6-19-9/h4,6H,2-3,5,7H2,1H3,(H,13,14,17). The Morgan fingerprint density at radius 3 is 3.25 bits per heavy atom. The van der Waals surface area contributed by atoms with Gasteiger partial charge in [0.1, 0.15) is 5.76 Å². The number of carbonyl (C=O) groups excluding carboxylic acids is 1. The van der Waals surface area contributed by atoms with Crippen LogP contribution in [0.5, 0.6) is 5.19 Å². The smallest absolute Gasteiger partial charge is 0.323 e. The molecule has 0 atom stereocenters. The van der Waals surface area contributed by atoms with Gasteiger partial charge in [0.2, 0.25) is 5.13 Å². The first-order chi connectivity index (χ1) is 9.76. The van der Waals surface area contributed by atoms with Crippen LogP contribution in [0.3, 0.4) is 0 Å². The molecule has 0 saturated carbocycles. The van der Waals surface area contributed by atoms with Gasteiger partial charge in [-0.25, -0.2) is 4.79 Å². The molecule has 2 amide bonds. The highest BCUT2D eigenvalue weighted by molar-refractivity contribution is 7.17. The molecule has 0 fully saturated rings. The van der Waals surface area contributed by atoms with Gasteiger partial charge in [0.25, 0.3) is 5.19 Å². The Kier molecular flexibility index (Phi) is 3.55. The van der Waals surface area contributed by atoms with Crippen LogP contribution in [0.2, 0.25) is 0 Å². The van der Waals surface area contributed by atoms with Crippen molar-refractivity contribution >= 4 is 22.5 Å². The van der Waals surface area contributed by atoms with Crippen LogP contribution in [0.1, 0.15) is 17.7 Å². The summed E-state index contributed by atoms with van der Waals surface area (Å²) in [5.74, 6) is 0.970. The van der Waals surface area contributed by atoms with E-state index in [4.69, 9.17) is 9.15 Å². The fourth-order valence-electron chi connectivity index (χ4n) is 2.13. The van der Waals surface area contributed by atoms with Gasteiger partial charge in [0.15, 0.2) is 0 Å². The van der Waals surface area contributed by atoms with Gasteiger partial charge in [-0.1, -0.05) is 5.10 Å². The molecule has 0 spiro atoms. The zero-order chi connectivity index (χ0) is 13.9. The molecule has 20 heavy (non-hydrogen) atoms. The van der Waals surface area contributed by atoms with Crippen LogP contribution >= 0.6 is 11.3 Å². The molecule has 1 N–H and O–H groups in total. The fraction of sp³-hybridized carbons (Fsp3) is 0.417. The number of aryl methyl sites for hydroxylation is 1. The van der Waals surface area contributed by atoms with E-state index in [1.807, 2.05) is 6.07 Å². The Balaban J connectivity index is 1.68. The first kappa shape index (κ1) is 12.9. The second kappa shape index (κ2) is 5.49. The first-order valence-corrected chi connectivity index (χ1v) is 7.06. The highest BCUT2D eigenvalue weighted by Gasteiger charge is 2.21. The van der Waals surface area contributed by atoms with Gasteiger partial charge in [-0.3, -0.25) is 5.32 Å². The maximum Gasteiger partial charge on any atom is 0.323 e. The maximum absolute atomic E-state index is 12.2. The summed E-state index contributed by atoms with van der Waals surface area (Å²) in [6, 6.07) is 1.73. The van der Waals surface area contributed by atoms with Crippen molar-refractivity contribution in [2.45, 2.75) is 19.4 Å². The van der Waals surface area contributed by atoms with Crippen LogP contribution in [-0.2, 0) is 13.0 Å². The lowest BCUT2D eigenvalue weighted by molar-refractivity contribution is 0.210. The topological polar surface area (TPSA) is 80.5 Å². The van der Waals surface area contributed by atoms with Crippen molar-refractivity contribution in [1.82, 2.24) is 15.1 Å². The molecule has 1 aliphatic heterocycles. The molecule has 0 aromatic carbocycles. The number of ether oxygens (including phenoxy) is 1. The number of hydrogen-bond acceptors (Lipinski definition) is 6. The summed E-state index contributed by atoms with van der Waals surface area (Å²) in [6.07, 6.45) is 3.41. The largest absolute Gasteiger partial charge is 0.472 e. The SMILES string of the molecule is COc1nnc(NC(=O)N2CCCc3occc3C2)s1. The van der Waals surface area contributed by atoms with E-state index in [1.54, 1.807) is 11.2 Å². The number of fused-ring (bicyclic) bond motifs is 1. The molecule has 3 heterocycles. The third kappa shape index (κ3) is 2.60. The number of furan rings is 1. The molecule has 1 aliphatic rings. The molecule has 7 nitrogen and oxygen atoms in total. The molecule has 0 unspecified atom stereocenters. The number of urea groups is 1. The number of rotatable bonds is 2. The Hall–Kier alpha value is -2.09. The average Bonchev–Trinajstić information content (AvgIpc) is 3.03. The van der Waals surface area contributed by atoms with Crippen LogP contribution < -0.4 is 10.1 Å². The van der Waals surface area contributed by atoms with E-state index < -0.39 is 0 Å². The Morgan fingerprint density at radius 1 is 1.55 bits per heavy atom. The predicted molar refractivity (Wildman–Crippen MR) is 72.9 cm³/mol. The molecular formula is C12H14N4O3S. The van der Waals surface area contributed by atoms with Crippen LogP contribution in [0.4, 0.5) is 9.93 Å². The zero-order valence-corrected chi connectivity index (χ0v) is 11.8. The number of methoxy groups -OCH3 is 1. The van der Waals surface area contributed by atoms with Gasteiger partial charge >= 0.3 is 6.03 Å². The second-order valence-electron chi connectivity index (χ2n) is 4.40. The van der Waals surface area contributed by atoms with Gasteiger partial charge in [0.05, 0.1) is 19.9 Å². The summed E-state index contributed by atoms with van der Waals surface area (Å²) in [5.41, 5.74) is 1.06. The van der Waals surface area contributed by atoms with Crippen molar-refractivity contribution < 1.29 is 13.9 Å². The van der Waals surface area contributed by atoms with Gasteiger partial charge in [-0.2, -0.15) is 0 Å². The first-order valence-electron chi connectivity index (χ1n) is 6.25. The van der Waals surface area contributed by atoms with Crippen LogP contribution in [0, 0.1) is 0 Å². The minimum atomic E-state index is -0.183. The Morgan fingerprint density at radius 2 is 2.45 bits per heavy atom. The third-order valence-corrected chi connectivity index (χ3v) is 3.91. The van der Waals surface area contributed by atoms with Gasteiger partial charge in [-0.15, -0.1) is 5.10 Å². The highest BCUT2D eigenvalue weighted by atomic mass is 32.1. The summed E-state index contributed by atoms with van der Waals surface area (Å²) >= 11 is 1.20. The van der Waals surface area contributed by atoms with Crippen LogP contribution in [0.15, 0.2) is 16.7 Å². The van der Waals surface area contributed by atoms with Crippen molar-refractivity contribution in [3.8, 4) is 5.19 Å². The molecule has 0 bridgehead atoms. The molecular weight excluding hydrogens is 280 g/mol. The second-order valence-corrected chi connectivity index (χ2v) is 5.34. The zero-order valence-electron chi connectivity index (χ0n) is 11.0. The molecule has 8 heteroatoms. The number of hydrogen-bond donors (Lipinski definition) is 1. The average molecular weight is 294 g/mol. The normalized spacial score (nSPS) is 14.6. The Bertz CT molecular complexity index is 609. The number of amides is 2. The number of nitrogens with zero attached hydrogens (tertiary/aromatic N) is 3. The minimum Gasteiger partial charge on any atom is -0.472 e. The molecule has 0 aliphatic carbocycles. The van der Waals surface area contributed by atoms with E-state index in [0.29, 0.717) is 23.4 Å². The van der Waals surface area contributed by atoms with Gasteiger partial charge in [-0.05, 0) is 23.8 Å². The molecule has 0 radical (unpaired) electrons. The summed E-state index contributed by atoms with van der Waals surface area (Å²) in [4.78, 5) is 14.0. The van der Waals surface area contributed by atoms with Crippen molar-refractivity contribution in [2.75, 3.05) is 19.0 Å². The minimum absolute atomic E-state index is 0.183. The fourth-order valence-corrected chi connectivity index (χ4v) is 2.68. The summed E-state index contributed by atoms with van der Waals surface area (Å²) in [5, 5.41) is 11.2. The van der Waals surface area contributed by atoms with Crippen molar-refractivity contribution in [2.24, 2.45) is 0 Å². The lowest BCUT2D eigenvalue weighted by Gasteiger charge is -2.19. The van der Waals surface area contributed by atoms with Crippen molar-refractivity contribution in [3.63, 3.8) is 0 Å². The van der Waals surface area contributed by atoms with Crippen molar-refractivity contribution in [1.29, 1.82) is 0 Å². The van der Waals surface area contributed by atoms with Crippen LogP contribution in [-0.4, -0.2) is 34.8 Å². The van der Waals surface area contributed by atoms with Crippen molar-refractivity contribution in [3.05, 3.63) is 23.7 Å². The van der Waals surface area contributed by atoms with E-state index in [0.717, 1.165) is 24.2 Å². The lowest BCUT2D eigenvalue weighted by atomic mass is 10.2. The van der Waals surface area contributed by atoms with E-state index in [-0.39, 0.29) is 6.03 Å². The number of nitrogens with one attached hydrogen (secondary N) is 1. The molecule has 3 rings (SSSR count). The summed E-state index contributed by atoms with van der Waals surface area (Å²) < 4.78 is 10.4. The van der Waals surface area contributed by atoms with Gasteiger partial charge in [0, 0.05) is 18.5 Å². The summed E-state index contributed by atoms with van der Waals surface area (Å²) in [6.45, 7) is 1.24. The van der Waals surface area contributed by atoms with Gasteiger partial charge < -0.3 is 14.1 Å². The predicted octanol–water partition coefficient (Wildman–Crippen LogP) is 2.12. The van der Waals surface area contributed by atoms with E-state index in [9.17, 15) is 4.79 Å². The molecule has 0 saturated heterocycles. The monoisotopic (exact) mass is 294 g/mol. The molecule has 2 aromatic heterocycles. The maximum atomic E-state index is 12.2. The number of carbonyl (C=O) groups is 1. The number of aromatic nitrogens is 2. The Labute approximate surface area is 119 Å². The molecule has 2 aromatic rings. The lowest BCUT2D eigenvalue weighted by Crippen LogP contribution is -2.34. The number of anilines is 1. The van der Waals surface area contributed by atoms with E-state index >= 15 is 0 Å². The van der Waals surface area contributed by atoms with E-state index in [1.165, 1.54) is 18.4 Å². The van der Waals surface area contributed by atoms with Crippen LogP contribution in [0.25, 0.3) is 0 Å². The third-order valence-electron chi connectivity index (χ3n) is 3.11. The summed E-state index contributed by atoms with van der Waals surface area (Å²) in [7, 11) is 1.52.